The largest absolute Gasteiger partial charge is 0.476 e. The van der Waals surface area contributed by atoms with Crippen molar-refractivity contribution in [3.05, 3.63) is 50.9 Å². The highest BCUT2D eigenvalue weighted by Gasteiger charge is 2.10. The predicted molar refractivity (Wildman–Crippen MR) is 76.1 cm³/mol. The van der Waals surface area contributed by atoms with Crippen LogP contribution in [-0.2, 0) is 17.8 Å². The van der Waals surface area contributed by atoms with Gasteiger partial charge in [-0.1, -0.05) is 29.8 Å². The minimum Gasteiger partial charge on any atom is -0.476 e. The number of carbonyl (C=O) groups is 2. The highest BCUT2D eigenvalue weighted by molar-refractivity contribution is 7.09. The standard InChI is InChI=1S/C13H11ClN2O3S/c14-9-4-2-1-3-8(9)5-11(17)15-6-12-16-10(7-20-12)13(18)19/h1-4,7H,5-6H2,(H,15,17)(H,18,19). The molecule has 0 aliphatic carbocycles. The highest BCUT2D eigenvalue weighted by atomic mass is 35.5. The van der Waals surface area contributed by atoms with Crippen molar-refractivity contribution in [2.75, 3.05) is 0 Å². The number of nitrogens with one attached hydrogen (secondary N) is 1. The van der Waals surface area contributed by atoms with Crippen LogP contribution in [0.2, 0.25) is 5.02 Å². The van der Waals surface area contributed by atoms with E-state index in [0.717, 1.165) is 5.56 Å². The van der Waals surface area contributed by atoms with Gasteiger partial charge in [-0.2, -0.15) is 0 Å². The van der Waals surface area contributed by atoms with Crippen LogP contribution < -0.4 is 5.32 Å². The first-order valence-electron chi connectivity index (χ1n) is 5.74. The van der Waals surface area contributed by atoms with Crippen LogP contribution >= 0.6 is 22.9 Å². The summed E-state index contributed by atoms with van der Waals surface area (Å²) in [5, 5.41) is 14.0. The third-order valence-electron chi connectivity index (χ3n) is 2.52. The molecule has 0 saturated carbocycles. The zero-order chi connectivity index (χ0) is 14.5. The van der Waals surface area contributed by atoms with E-state index < -0.39 is 5.97 Å². The van der Waals surface area contributed by atoms with Gasteiger partial charge in [0.25, 0.3) is 0 Å². The van der Waals surface area contributed by atoms with Crippen LogP contribution in [-0.4, -0.2) is 22.0 Å². The molecule has 2 aromatic rings. The maximum atomic E-state index is 11.8. The summed E-state index contributed by atoms with van der Waals surface area (Å²) in [7, 11) is 0. The molecule has 0 aliphatic rings. The summed E-state index contributed by atoms with van der Waals surface area (Å²) in [5.41, 5.74) is 0.738. The first-order chi connectivity index (χ1) is 9.56. The number of aromatic carboxylic acids is 1. The molecule has 2 N–H and O–H groups in total. The summed E-state index contributed by atoms with van der Waals surface area (Å²) < 4.78 is 0. The molecule has 1 aromatic heterocycles. The number of carboxylic acid groups (broad SMARTS) is 1. The van der Waals surface area contributed by atoms with Crippen LogP contribution in [0.5, 0.6) is 0 Å². The third-order valence-corrected chi connectivity index (χ3v) is 3.73. The average Bonchev–Trinajstić information content (AvgIpc) is 2.88. The van der Waals surface area contributed by atoms with Crippen molar-refractivity contribution in [2.24, 2.45) is 0 Å². The first kappa shape index (κ1) is 14.5. The summed E-state index contributed by atoms with van der Waals surface area (Å²) in [6, 6.07) is 7.12. The number of thiazole rings is 1. The Kier molecular flexibility index (Phi) is 4.70. The number of hydrogen-bond acceptors (Lipinski definition) is 4. The SMILES string of the molecule is O=C(Cc1ccccc1Cl)NCc1nc(C(=O)O)cs1. The molecule has 0 saturated heterocycles. The second kappa shape index (κ2) is 6.49. The molecule has 104 valence electrons. The lowest BCUT2D eigenvalue weighted by atomic mass is 10.1. The Morgan fingerprint density at radius 1 is 1.35 bits per heavy atom. The normalized spacial score (nSPS) is 10.2. The monoisotopic (exact) mass is 310 g/mol. The summed E-state index contributed by atoms with van der Waals surface area (Å²) in [4.78, 5) is 26.3. The van der Waals surface area contributed by atoms with E-state index >= 15 is 0 Å². The van der Waals surface area contributed by atoms with E-state index in [1.54, 1.807) is 18.2 Å². The highest BCUT2D eigenvalue weighted by Crippen LogP contribution is 2.15. The molecule has 1 heterocycles. The molecule has 0 aliphatic heterocycles. The van der Waals surface area contributed by atoms with Crippen molar-refractivity contribution < 1.29 is 14.7 Å². The van der Waals surface area contributed by atoms with Crippen molar-refractivity contribution in [3.8, 4) is 0 Å². The van der Waals surface area contributed by atoms with Crippen LogP contribution in [0.4, 0.5) is 0 Å². The van der Waals surface area contributed by atoms with E-state index in [-0.39, 0.29) is 24.6 Å². The van der Waals surface area contributed by atoms with Gasteiger partial charge in [0.2, 0.25) is 5.91 Å². The number of rotatable bonds is 5. The topological polar surface area (TPSA) is 79.3 Å². The maximum Gasteiger partial charge on any atom is 0.355 e. The Hall–Kier alpha value is -1.92. The predicted octanol–water partition coefficient (Wildman–Crippen LogP) is 2.35. The fraction of sp³-hybridized carbons (Fsp3) is 0.154. The van der Waals surface area contributed by atoms with E-state index in [1.807, 2.05) is 6.07 Å². The van der Waals surface area contributed by atoms with Crippen LogP contribution in [0, 0.1) is 0 Å². The molecular formula is C13H11ClN2O3S. The summed E-state index contributed by atoms with van der Waals surface area (Å²) in [6.07, 6.45) is 0.177. The van der Waals surface area contributed by atoms with E-state index in [2.05, 4.69) is 10.3 Å². The number of amides is 1. The number of hydrogen-bond donors (Lipinski definition) is 2. The Morgan fingerprint density at radius 2 is 2.10 bits per heavy atom. The molecule has 0 radical (unpaired) electrons. The van der Waals surface area contributed by atoms with Crippen LogP contribution in [0.25, 0.3) is 0 Å². The van der Waals surface area contributed by atoms with Crippen molar-refractivity contribution in [1.29, 1.82) is 0 Å². The lowest BCUT2D eigenvalue weighted by Gasteiger charge is -2.04. The molecule has 0 fully saturated rings. The smallest absolute Gasteiger partial charge is 0.355 e. The number of carboxylic acids is 1. The molecule has 7 heteroatoms. The van der Waals surface area contributed by atoms with Gasteiger partial charge in [-0.3, -0.25) is 4.79 Å². The van der Waals surface area contributed by atoms with Crippen molar-refractivity contribution in [2.45, 2.75) is 13.0 Å². The number of nitrogens with zero attached hydrogens (tertiary/aromatic N) is 1. The lowest BCUT2D eigenvalue weighted by molar-refractivity contribution is -0.120. The summed E-state index contributed by atoms with van der Waals surface area (Å²) >= 11 is 7.16. The Labute approximate surface area is 124 Å². The number of aromatic nitrogens is 1. The second-order valence-electron chi connectivity index (χ2n) is 3.98. The van der Waals surface area contributed by atoms with Crippen LogP contribution in [0.1, 0.15) is 21.1 Å². The quantitative estimate of drug-likeness (QED) is 0.888. The fourth-order valence-electron chi connectivity index (χ4n) is 1.54. The molecule has 0 bridgehead atoms. The Morgan fingerprint density at radius 3 is 2.75 bits per heavy atom. The second-order valence-corrected chi connectivity index (χ2v) is 5.33. The molecule has 0 spiro atoms. The Bertz CT molecular complexity index is 642. The van der Waals surface area contributed by atoms with Crippen molar-refractivity contribution in [1.82, 2.24) is 10.3 Å². The molecule has 0 atom stereocenters. The van der Waals surface area contributed by atoms with Crippen molar-refractivity contribution >= 4 is 34.8 Å². The van der Waals surface area contributed by atoms with Gasteiger partial charge in [-0.05, 0) is 11.6 Å². The molecule has 5 nitrogen and oxygen atoms in total. The van der Waals surface area contributed by atoms with Gasteiger partial charge in [0, 0.05) is 10.4 Å². The van der Waals surface area contributed by atoms with Gasteiger partial charge in [0.05, 0.1) is 13.0 Å². The zero-order valence-corrected chi connectivity index (χ0v) is 11.9. The number of carbonyl (C=O) groups excluding carboxylic acids is 1. The zero-order valence-electron chi connectivity index (χ0n) is 10.3. The fourth-order valence-corrected chi connectivity index (χ4v) is 2.45. The van der Waals surface area contributed by atoms with Gasteiger partial charge < -0.3 is 10.4 Å². The summed E-state index contributed by atoms with van der Waals surface area (Å²) in [5.74, 6) is -1.26. The number of benzene rings is 1. The minimum atomic E-state index is -1.07. The molecule has 0 unspecified atom stereocenters. The van der Waals surface area contributed by atoms with Crippen molar-refractivity contribution in [3.63, 3.8) is 0 Å². The lowest BCUT2D eigenvalue weighted by Crippen LogP contribution is -2.24. The van der Waals surface area contributed by atoms with Crippen LogP contribution in [0.3, 0.4) is 0 Å². The van der Waals surface area contributed by atoms with E-state index in [0.29, 0.717) is 10.0 Å². The molecule has 1 aromatic carbocycles. The first-order valence-corrected chi connectivity index (χ1v) is 7.00. The van der Waals surface area contributed by atoms with E-state index in [9.17, 15) is 9.59 Å². The van der Waals surface area contributed by atoms with Crippen LogP contribution in [0.15, 0.2) is 29.6 Å². The molecule has 1 amide bonds. The molecular weight excluding hydrogens is 300 g/mol. The van der Waals surface area contributed by atoms with E-state index in [4.69, 9.17) is 16.7 Å². The summed E-state index contributed by atoms with van der Waals surface area (Å²) in [6.45, 7) is 0.210. The van der Waals surface area contributed by atoms with Gasteiger partial charge in [0.1, 0.15) is 5.01 Å². The number of halogens is 1. The Balaban J connectivity index is 1.89. The maximum absolute atomic E-state index is 11.8. The average molecular weight is 311 g/mol. The molecule has 2 rings (SSSR count). The van der Waals surface area contributed by atoms with Gasteiger partial charge in [0.15, 0.2) is 5.69 Å². The third kappa shape index (κ3) is 3.79. The van der Waals surface area contributed by atoms with Gasteiger partial charge >= 0.3 is 5.97 Å². The van der Waals surface area contributed by atoms with Gasteiger partial charge in [-0.25, -0.2) is 9.78 Å². The van der Waals surface area contributed by atoms with E-state index in [1.165, 1.54) is 16.7 Å². The molecule has 20 heavy (non-hydrogen) atoms. The van der Waals surface area contributed by atoms with Gasteiger partial charge in [-0.15, -0.1) is 11.3 Å². The minimum absolute atomic E-state index is 0.00893.